The van der Waals surface area contributed by atoms with Gasteiger partial charge in [0.1, 0.15) is 12.4 Å². The molecule has 3 rings (SSSR count). The van der Waals surface area contributed by atoms with E-state index in [0.717, 1.165) is 19.6 Å². The molecule has 0 aliphatic carbocycles. The molecule has 1 aliphatic rings. The van der Waals surface area contributed by atoms with Gasteiger partial charge in [-0.15, -0.1) is 0 Å². The van der Waals surface area contributed by atoms with Gasteiger partial charge >= 0.3 is 0 Å². The molecule has 1 saturated heterocycles. The lowest BCUT2D eigenvalue weighted by molar-refractivity contribution is 0.146. The predicted molar refractivity (Wildman–Crippen MR) is 118 cm³/mol. The molecule has 0 aromatic heterocycles. The molecule has 2 aromatic rings. The highest BCUT2D eigenvalue weighted by Gasteiger charge is 2.28. The number of rotatable bonds is 9. The Morgan fingerprint density at radius 3 is 2.10 bits per heavy atom. The predicted octanol–water partition coefficient (Wildman–Crippen LogP) is 3.34. The Kier molecular flexibility index (Phi) is 7.88. The van der Waals surface area contributed by atoms with Gasteiger partial charge in [0.25, 0.3) is 0 Å². The van der Waals surface area contributed by atoms with Crippen LogP contribution in [0.25, 0.3) is 0 Å². The molecule has 0 atom stereocenters. The first-order valence-electron chi connectivity index (χ1n) is 10.4. The second-order valence-corrected chi connectivity index (χ2v) is 9.83. The van der Waals surface area contributed by atoms with E-state index in [4.69, 9.17) is 9.47 Å². The van der Waals surface area contributed by atoms with Crippen molar-refractivity contribution in [2.24, 2.45) is 0 Å². The number of ether oxygens (including phenoxy) is 2. The molecular formula is C23H32N2O4S. The lowest BCUT2D eigenvalue weighted by Crippen LogP contribution is -2.48. The third-order valence-corrected chi connectivity index (χ3v) is 7.31. The van der Waals surface area contributed by atoms with E-state index in [1.807, 2.05) is 0 Å². The highest BCUT2D eigenvalue weighted by Crippen LogP contribution is 2.22. The average molecular weight is 433 g/mol. The Balaban J connectivity index is 1.54. The summed E-state index contributed by atoms with van der Waals surface area (Å²) in [5, 5.41) is 0. The maximum Gasteiger partial charge on any atom is 0.243 e. The normalized spacial score (nSPS) is 16.1. The van der Waals surface area contributed by atoms with Crippen molar-refractivity contribution in [3.8, 4) is 5.75 Å². The van der Waals surface area contributed by atoms with E-state index in [0.29, 0.717) is 42.9 Å². The number of hydrogen-bond acceptors (Lipinski definition) is 5. The first-order chi connectivity index (χ1) is 14.4. The van der Waals surface area contributed by atoms with Crippen LogP contribution in [-0.4, -0.2) is 64.1 Å². The number of benzene rings is 2. The monoisotopic (exact) mass is 432 g/mol. The molecule has 0 saturated carbocycles. The van der Waals surface area contributed by atoms with Crippen molar-refractivity contribution >= 4 is 10.0 Å². The standard InChI is InChI=1S/C23H32N2O4S/c1-19(2)21-6-4-20(5-7-21)18-24-12-14-25(15-13-24)30(26,27)23-10-8-22(9-11-23)29-17-16-28-3/h4-11,19H,12-18H2,1-3H3. The van der Waals surface area contributed by atoms with Gasteiger partial charge in [0, 0.05) is 39.8 Å². The third-order valence-electron chi connectivity index (χ3n) is 5.40. The van der Waals surface area contributed by atoms with E-state index in [9.17, 15) is 8.42 Å². The van der Waals surface area contributed by atoms with Crippen LogP contribution < -0.4 is 4.74 Å². The molecule has 164 valence electrons. The van der Waals surface area contributed by atoms with Crippen LogP contribution in [0.2, 0.25) is 0 Å². The number of piperazine rings is 1. The fourth-order valence-electron chi connectivity index (χ4n) is 3.49. The van der Waals surface area contributed by atoms with Crippen molar-refractivity contribution < 1.29 is 17.9 Å². The van der Waals surface area contributed by atoms with Gasteiger partial charge in [-0.3, -0.25) is 4.90 Å². The van der Waals surface area contributed by atoms with Crippen LogP contribution in [-0.2, 0) is 21.3 Å². The second kappa shape index (κ2) is 10.4. The van der Waals surface area contributed by atoms with Crippen molar-refractivity contribution in [3.05, 3.63) is 59.7 Å². The molecule has 0 bridgehead atoms. The minimum atomic E-state index is -3.49. The minimum Gasteiger partial charge on any atom is -0.491 e. The Hall–Kier alpha value is -1.93. The SMILES string of the molecule is COCCOc1ccc(S(=O)(=O)N2CCN(Cc3ccc(C(C)C)cc3)CC2)cc1. The van der Waals surface area contributed by atoms with E-state index >= 15 is 0 Å². The molecule has 6 nitrogen and oxygen atoms in total. The summed E-state index contributed by atoms with van der Waals surface area (Å²) in [6, 6.07) is 15.3. The molecular weight excluding hydrogens is 400 g/mol. The highest BCUT2D eigenvalue weighted by molar-refractivity contribution is 7.89. The molecule has 0 unspecified atom stereocenters. The highest BCUT2D eigenvalue weighted by atomic mass is 32.2. The van der Waals surface area contributed by atoms with E-state index in [-0.39, 0.29) is 0 Å². The topological polar surface area (TPSA) is 59.1 Å². The Labute approximate surface area is 180 Å². The summed E-state index contributed by atoms with van der Waals surface area (Å²) in [5.41, 5.74) is 2.60. The molecule has 2 aromatic carbocycles. The fraction of sp³-hybridized carbons (Fsp3) is 0.478. The first-order valence-corrected chi connectivity index (χ1v) is 11.9. The Bertz CT molecular complexity index is 888. The molecule has 30 heavy (non-hydrogen) atoms. The third kappa shape index (κ3) is 5.82. The lowest BCUT2D eigenvalue weighted by Gasteiger charge is -2.34. The summed E-state index contributed by atoms with van der Waals surface area (Å²) in [7, 11) is -1.88. The van der Waals surface area contributed by atoms with E-state index < -0.39 is 10.0 Å². The molecule has 0 radical (unpaired) electrons. The summed E-state index contributed by atoms with van der Waals surface area (Å²) in [5.74, 6) is 1.16. The van der Waals surface area contributed by atoms with E-state index in [1.54, 1.807) is 35.7 Å². The van der Waals surface area contributed by atoms with Crippen LogP contribution in [0.5, 0.6) is 5.75 Å². The van der Waals surface area contributed by atoms with Gasteiger partial charge in [-0.2, -0.15) is 4.31 Å². The van der Waals surface area contributed by atoms with Gasteiger partial charge in [0.15, 0.2) is 0 Å². The first kappa shape index (κ1) is 22.7. The molecule has 1 heterocycles. The number of hydrogen-bond donors (Lipinski definition) is 0. The number of methoxy groups -OCH3 is 1. The summed E-state index contributed by atoms with van der Waals surface area (Å²) >= 11 is 0. The summed E-state index contributed by atoms with van der Waals surface area (Å²) < 4.78 is 38.0. The van der Waals surface area contributed by atoms with Gasteiger partial charge in [-0.25, -0.2) is 8.42 Å². The largest absolute Gasteiger partial charge is 0.491 e. The summed E-state index contributed by atoms with van der Waals surface area (Å²) in [6.45, 7) is 8.60. The lowest BCUT2D eigenvalue weighted by atomic mass is 10.0. The zero-order valence-corrected chi connectivity index (χ0v) is 18.9. The maximum atomic E-state index is 13.0. The quantitative estimate of drug-likeness (QED) is 0.569. The second-order valence-electron chi connectivity index (χ2n) is 7.89. The molecule has 1 fully saturated rings. The molecule has 7 heteroatoms. The molecule has 1 aliphatic heterocycles. The van der Waals surface area contributed by atoms with Gasteiger partial charge in [-0.05, 0) is 41.3 Å². The van der Waals surface area contributed by atoms with E-state index in [1.165, 1.54) is 11.1 Å². The van der Waals surface area contributed by atoms with Crippen LogP contribution in [0.15, 0.2) is 53.4 Å². The number of nitrogens with zero attached hydrogens (tertiary/aromatic N) is 2. The van der Waals surface area contributed by atoms with Gasteiger partial charge < -0.3 is 9.47 Å². The van der Waals surface area contributed by atoms with Gasteiger partial charge in [-0.1, -0.05) is 38.1 Å². The zero-order chi connectivity index (χ0) is 21.6. The minimum absolute atomic E-state index is 0.305. The fourth-order valence-corrected chi connectivity index (χ4v) is 4.92. The Morgan fingerprint density at radius 1 is 0.900 bits per heavy atom. The average Bonchev–Trinajstić information content (AvgIpc) is 2.75. The van der Waals surface area contributed by atoms with Crippen molar-refractivity contribution in [2.75, 3.05) is 46.5 Å². The van der Waals surface area contributed by atoms with Crippen molar-refractivity contribution in [3.63, 3.8) is 0 Å². The van der Waals surface area contributed by atoms with Crippen LogP contribution in [0, 0.1) is 0 Å². The van der Waals surface area contributed by atoms with Crippen molar-refractivity contribution in [2.45, 2.75) is 31.2 Å². The van der Waals surface area contributed by atoms with Crippen molar-refractivity contribution in [1.29, 1.82) is 0 Å². The smallest absolute Gasteiger partial charge is 0.243 e. The summed E-state index contributed by atoms with van der Waals surface area (Å²) in [4.78, 5) is 2.61. The Morgan fingerprint density at radius 2 is 1.53 bits per heavy atom. The number of sulfonamides is 1. The van der Waals surface area contributed by atoms with Crippen molar-refractivity contribution in [1.82, 2.24) is 9.21 Å². The zero-order valence-electron chi connectivity index (χ0n) is 18.1. The van der Waals surface area contributed by atoms with Gasteiger partial charge in [0.2, 0.25) is 10.0 Å². The molecule has 0 N–H and O–H groups in total. The summed E-state index contributed by atoms with van der Waals surface area (Å²) in [6.07, 6.45) is 0. The van der Waals surface area contributed by atoms with Crippen LogP contribution in [0.1, 0.15) is 30.9 Å². The van der Waals surface area contributed by atoms with Crippen LogP contribution in [0.3, 0.4) is 0 Å². The van der Waals surface area contributed by atoms with E-state index in [2.05, 4.69) is 43.0 Å². The van der Waals surface area contributed by atoms with Gasteiger partial charge in [0.05, 0.1) is 11.5 Å². The maximum absolute atomic E-state index is 13.0. The van der Waals surface area contributed by atoms with Crippen LogP contribution >= 0.6 is 0 Å². The molecule has 0 spiro atoms. The molecule has 0 amide bonds. The van der Waals surface area contributed by atoms with Crippen LogP contribution in [0.4, 0.5) is 0 Å².